The Kier molecular flexibility index (Phi) is 3.60. The maximum atomic E-state index is 3.97. The van der Waals surface area contributed by atoms with Crippen molar-refractivity contribution < 1.29 is 4.57 Å². The molecule has 1 fully saturated rings. The number of nitrogens with zero attached hydrogens (tertiary/aromatic N) is 1. The molecule has 0 N–H and O–H groups in total. The number of hydrogen-bond donors (Lipinski definition) is 0. The van der Waals surface area contributed by atoms with Crippen LogP contribution in [0.15, 0.2) is 42.6 Å². The highest BCUT2D eigenvalue weighted by Crippen LogP contribution is 2.49. The molecular formula is C20H23BrN+. The molecule has 2 heterocycles. The molecule has 2 aliphatic rings. The summed E-state index contributed by atoms with van der Waals surface area (Å²) < 4.78 is 2.55. The zero-order valence-corrected chi connectivity index (χ0v) is 14.9. The smallest absolute Gasteiger partial charge is 0.189 e. The van der Waals surface area contributed by atoms with Crippen LogP contribution in [0, 0.1) is 19.8 Å². The fourth-order valence-electron chi connectivity index (χ4n) is 4.73. The Hall–Kier alpha value is -1.15. The summed E-state index contributed by atoms with van der Waals surface area (Å²) in [6, 6.07) is 14.4. The molecule has 114 valence electrons. The van der Waals surface area contributed by atoms with E-state index < -0.39 is 0 Å². The Morgan fingerprint density at radius 1 is 1.05 bits per heavy atom. The van der Waals surface area contributed by atoms with Crippen LogP contribution in [0.5, 0.6) is 0 Å². The van der Waals surface area contributed by atoms with E-state index in [1.807, 2.05) is 0 Å². The molecule has 1 aromatic carbocycles. The van der Waals surface area contributed by atoms with E-state index in [2.05, 4.69) is 76.9 Å². The number of aryl methyl sites for hydroxylation is 2. The molecule has 1 saturated carbocycles. The van der Waals surface area contributed by atoms with E-state index in [1.165, 1.54) is 41.6 Å². The highest BCUT2D eigenvalue weighted by molar-refractivity contribution is 9.09. The minimum absolute atomic E-state index is 0.546. The number of aromatic nitrogens is 1. The number of pyridine rings is 1. The topological polar surface area (TPSA) is 3.88 Å². The molecular weight excluding hydrogens is 334 g/mol. The quantitative estimate of drug-likeness (QED) is 0.508. The first-order valence-electron chi connectivity index (χ1n) is 8.37. The monoisotopic (exact) mass is 356 g/mol. The molecule has 1 nitrogen and oxygen atoms in total. The van der Waals surface area contributed by atoms with Crippen LogP contribution in [0.1, 0.15) is 53.6 Å². The molecule has 4 rings (SSSR count). The first kappa shape index (κ1) is 14.4. The van der Waals surface area contributed by atoms with Crippen molar-refractivity contribution in [2.24, 2.45) is 5.92 Å². The number of halogens is 1. The second-order valence-corrected chi connectivity index (χ2v) is 8.21. The Labute approximate surface area is 141 Å². The van der Waals surface area contributed by atoms with Crippen LogP contribution in [0.2, 0.25) is 0 Å². The van der Waals surface area contributed by atoms with Crippen molar-refractivity contribution in [3.05, 3.63) is 65.0 Å². The number of rotatable bonds is 1. The molecule has 4 atom stereocenters. The molecule has 0 bridgehead atoms. The van der Waals surface area contributed by atoms with Gasteiger partial charge in [-0.2, -0.15) is 4.57 Å². The van der Waals surface area contributed by atoms with Gasteiger partial charge in [0.1, 0.15) is 0 Å². The van der Waals surface area contributed by atoms with Gasteiger partial charge in [-0.3, -0.25) is 0 Å². The first-order chi connectivity index (χ1) is 10.6. The van der Waals surface area contributed by atoms with Crippen molar-refractivity contribution >= 4 is 15.9 Å². The van der Waals surface area contributed by atoms with Gasteiger partial charge >= 0.3 is 0 Å². The lowest BCUT2D eigenvalue weighted by atomic mass is 9.75. The van der Waals surface area contributed by atoms with Crippen molar-refractivity contribution in [2.75, 3.05) is 0 Å². The lowest BCUT2D eigenvalue weighted by Gasteiger charge is -2.28. The molecule has 1 aliphatic carbocycles. The van der Waals surface area contributed by atoms with Gasteiger partial charge in [0.25, 0.3) is 0 Å². The molecule has 0 saturated heterocycles. The summed E-state index contributed by atoms with van der Waals surface area (Å²) in [5, 5.41) is 0. The maximum Gasteiger partial charge on any atom is 0.189 e. The van der Waals surface area contributed by atoms with Crippen LogP contribution < -0.4 is 4.57 Å². The van der Waals surface area contributed by atoms with Crippen LogP contribution in [0.3, 0.4) is 0 Å². The molecule has 22 heavy (non-hydrogen) atoms. The highest BCUT2D eigenvalue weighted by atomic mass is 79.9. The van der Waals surface area contributed by atoms with E-state index in [0.29, 0.717) is 16.8 Å². The third kappa shape index (κ3) is 2.23. The van der Waals surface area contributed by atoms with Crippen molar-refractivity contribution in [3.8, 4) is 0 Å². The third-order valence-electron chi connectivity index (χ3n) is 5.42. The largest absolute Gasteiger partial charge is 0.198 e. The molecule has 0 unspecified atom stereocenters. The molecule has 0 amide bonds. The summed E-state index contributed by atoms with van der Waals surface area (Å²) >= 11 is 3.97. The molecule has 2 heteroatoms. The van der Waals surface area contributed by atoms with E-state index >= 15 is 0 Å². The number of alkyl halides is 1. The van der Waals surface area contributed by atoms with Crippen LogP contribution in [-0.4, -0.2) is 4.83 Å². The molecule has 1 aromatic heterocycles. The van der Waals surface area contributed by atoms with E-state index in [-0.39, 0.29) is 0 Å². The SMILES string of the molecule is Cc1cc(C)cc([C@H]2c3cccc[n+]3[C@H]3[C@@H]2CCC[C@@H]3Br)c1. The summed E-state index contributed by atoms with van der Waals surface area (Å²) in [6.07, 6.45) is 6.26. The number of hydrogen-bond acceptors (Lipinski definition) is 0. The van der Waals surface area contributed by atoms with E-state index in [0.717, 1.165) is 5.92 Å². The van der Waals surface area contributed by atoms with Gasteiger partial charge in [0.2, 0.25) is 0 Å². The van der Waals surface area contributed by atoms with Crippen molar-refractivity contribution in [3.63, 3.8) is 0 Å². The van der Waals surface area contributed by atoms with Crippen molar-refractivity contribution in [1.29, 1.82) is 0 Å². The van der Waals surface area contributed by atoms with Gasteiger partial charge in [-0.25, -0.2) is 0 Å². The number of benzene rings is 1. The van der Waals surface area contributed by atoms with Crippen LogP contribution in [0.25, 0.3) is 0 Å². The van der Waals surface area contributed by atoms with Gasteiger partial charge < -0.3 is 0 Å². The summed E-state index contributed by atoms with van der Waals surface area (Å²) in [5.74, 6) is 1.27. The minimum Gasteiger partial charge on any atom is -0.198 e. The zero-order valence-electron chi connectivity index (χ0n) is 13.3. The Morgan fingerprint density at radius 2 is 1.82 bits per heavy atom. The predicted molar refractivity (Wildman–Crippen MR) is 93.5 cm³/mol. The van der Waals surface area contributed by atoms with Crippen molar-refractivity contribution in [2.45, 2.75) is 49.9 Å². The van der Waals surface area contributed by atoms with Crippen LogP contribution >= 0.6 is 15.9 Å². The maximum absolute atomic E-state index is 3.97. The van der Waals surface area contributed by atoms with E-state index in [9.17, 15) is 0 Å². The zero-order chi connectivity index (χ0) is 15.3. The lowest BCUT2D eigenvalue weighted by Crippen LogP contribution is -2.45. The van der Waals surface area contributed by atoms with E-state index in [1.54, 1.807) is 0 Å². The van der Waals surface area contributed by atoms with Gasteiger partial charge in [0.15, 0.2) is 17.9 Å². The summed E-state index contributed by atoms with van der Waals surface area (Å²) in [4.78, 5) is 0.605. The third-order valence-corrected chi connectivity index (χ3v) is 6.42. The second kappa shape index (κ2) is 5.49. The first-order valence-corrected chi connectivity index (χ1v) is 9.29. The lowest BCUT2D eigenvalue weighted by molar-refractivity contribution is -0.721. The highest BCUT2D eigenvalue weighted by Gasteiger charge is 2.52. The van der Waals surface area contributed by atoms with Crippen molar-refractivity contribution in [1.82, 2.24) is 0 Å². The standard InChI is InChI=1S/C20H23BrN/c1-13-10-14(2)12-15(11-13)19-16-6-5-7-17(21)20(16)22-9-4-3-8-18(19)22/h3-4,8-12,16-17,19-20H,5-7H2,1-2H3/q+1/t16-,17+,19-,20+/m1/s1. The summed E-state index contributed by atoms with van der Waals surface area (Å²) in [6.45, 7) is 4.44. The average molecular weight is 357 g/mol. The van der Waals surface area contributed by atoms with Gasteiger partial charge in [-0.1, -0.05) is 57.7 Å². The fourth-order valence-corrected chi connectivity index (χ4v) is 5.70. The van der Waals surface area contributed by atoms with Gasteiger partial charge in [-0.15, -0.1) is 0 Å². The molecule has 2 aromatic rings. The predicted octanol–water partition coefficient (Wildman–Crippen LogP) is 4.84. The second-order valence-electron chi connectivity index (χ2n) is 7.03. The Bertz CT molecular complexity index is 688. The summed E-state index contributed by atoms with van der Waals surface area (Å²) in [5.41, 5.74) is 5.76. The van der Waals surface area contributed by atoms with Gasteiger partial charge in [0, 0.05) is 18.1 Å². The molecule has 1 aliphatic heterocycles. The van der Waals surface area contributed by atoms with Crippen LogP contribution in [0.4, 0.5) is 0 Å². The van der Waals surface area contributed by atoms with Gasteiger partial charge in [0.05, 0.1) is 10.7 Å². The van der Waals surface area contributed by atoms with Crippen LogP contribution in [-0.2, 0) is 0 Å². The Balaban J connectivity index is 1.87. The normalized spacial score (nSPS) is 30.0. The van der Waals surface area contributed by atoms with Gasteiger partial charge in [-0.05, 0) is 32.3 Å². The average Bonchev–Trinajstić information content (AvgIpc) is 2.81. The molecule has 0 radical (unpaired) electrons. The minimum atomic E-state index is 0.546. The number of fused-ring (bicyclic) bond motifs is 3. The Morgan fingerprint density at radius 3 is 2.59 bits per heavy atom. The molecule has 0 spiro atoms. The fraction of sp³-hybridized carbons (Fsp3) is 0.450. The summed E-state index contributed by atoms with van der Waals surface area (Å²) in [7, 11) is 0. The van der Waals surface area contributed by atoms with E-state index in [4.69, 9.17) is 0 Å².